The zero-order valence-corrected chi connectivity index (χ0v) is 23.1. The van der Waals surface area contributed by atoms with E-state index in [1.165, 1.54) is 13.2 Å². The number of ether oxygens (including phenoxy) is 5. The monoisotopic (exact) mass is 574 g/mol. The predicted octanol–water partition coefficient (Wildman–Crippen LogP) is 4.90. The number of pyridine rings is 1. The van der Waals surface area contributed by atoms with E-state index in [-0.39, 0.29) is 31.2 Å². The second-order valence-corrected chi connectivity index (χ2v) is 10.9. The van der Waals surface area contributed by atoms with Crippen LogP contribution in [0.2, 0.25) is 0 Å². The van der Waals surface area contributed by atoms with Crippen molar-refractivity contribution >= 4 is 17.0 Å². The Balaban J connectivity index is 1.21. The van der Waals surface area contributed by atoms with Gasteiger partial charge in [-0.3, -0.25) is 4.57 Å². The lowest BCUT2D eigenvalue weighted by atomic mass is 10.0. The minimum Gasteiger partial charge on any atom is -0.470 e. The van der Waals surface area contributed by atoms with Gasteiger partial charge < -0.3 is 28.8 Å². The number of methoxy groups -OCH3 is 1. The highest BCUT2D eigenvalue weighted by Crippen LogP contribution is 2.38. The topological polar surface area (TPSA) is 101 Å². The lowest BCUT2D eigenvalue weighted by Gasteiger charge is -2.27. The molecule has 7 rings (SSSR count). The number of hydrogen-bond acceptors (Lipinski definition) is 8. The number of aliphatic hydroxyl groups is 1. The molecule has 0 aliphatic carbocycles. The summed E-state index contributed by atoms with van der Waals surface area (Å²) < 4.78 is 46.4. The summed E-state index contributed by atoms with van der Waals surface area (Å²) in [5.41, 5.74) is 4.35. The van der Waals surface area contributed by atoms with Gasteiger partial charge in [0.1, 0.15) is 30.2 Å². The van der Waals surface area contributed by atoms with E-state index in [9.17, 15) is 9.90 Å². The third-order valence-electron chi connectivity index (χ3n) is 8.24. The molecule has 9 nitrogen and oxygen atoms in total. The molecular formula is C32H31FN2O7. The highest BCUT2D eigenvalue weighted by atomic mass is 19.1. The number of benzene rings is 2. The van der Waals surface area contributed by atoms with Gasteiger partial charge in [0, 0.05) is 24.3 Å². The number of aromatic nitrogens is 2. The molecule has 5 heterocycles. The number of halogens is 1. The summed E-state index contributed by atoms with van der Waals surface area (Å²) in [5.74, 6) is -0.338. The standard InChI is InChI=1S/C32H31FN2O7/c1-38-32(37)21-11-7-19(8-12-21)18-5-9-20(10-6-18)29-22(33)14-24-23(34-29)15-28(35(24)27-4-2-3-13-39-27)42-26-17-41-30-25(36)16-40-31(26)30/h5-12,14-15,25-27,30-31,36H,2-4,13,16-17H2,1H3/t25-,26-,27?,30-,31-/m1/s1. The van der Waals surface area contributed by atoms with Gasteiger partial charge in [-0.25, -0.2) is 14.2 Å². The average Bonchev–Trinajstić information content (AvgIpc) is 3.71. The maximum Gasteiger partial charge on any atom is 0.337 e. The van der Waals surface area contributed by atoms with Gasteiger partial charge in [-0.1, -0.05) is 36.4 Å². The van der Waals surface area contributed by atoms with E-state index in [2.05, 4.69) is 0 Å². The fourth-order valence-corrected chi connectivity index (χ4v) is 6.05. The van der Waals surface area contributed by atoms with Crippen LogP contribution in [0, 0.1) is 5.82 Å². The number of aliphatic hydroxyl groups excluding tert-OH is 1. The highest BCUT2D eigenvalue weighted by Gasteiger charge is 2.48. The van der Waals surface area contributed by atoms with E-state index in [0.29, 0.717) is 34.6 Å². The third-order valence-corrected chi connectivity index (χ3v) is 8.24. The molecule has 1 unspecified atom stereocenters. The summed E-state index contributed by atoms with van der Waals surface area (Å²) in [5, 5.41) is 10.1. The zero-order valence-electron chi connectivity index (χ0n) is 23.1. The van der Waals surface area contributed by atoms with Crippen molar-refractivity contribution in [3.63, 3.8) is 0 Å². The molecule has 42 heavy (non-hydrogen) atoms. The molecule has 0 radical (unpaired) electrons. The van der Waals surface area contributed by atoms with Crippen LogP contribution in [0.15, 0.2) is 60.7 Å². The Morgan fingerprint density at radius 3 is 2.38 bits per heavy atom. The Bertz CT molecular complexity index is 1600. The van der Waals surface area contributed by atoms with E-state index in [4.69, 9.17) is 28.7 Å². The maximum absolute atomic E-state index is 15.7. The van der Waals surface area contributed by atoms with E-state index >= 15 is 4.39 Å². The largest absolute Gasteiger partial charge is 0.470 e. The van der Waals surface area contributed by atoms with Crippen molar-refractivity contribution in [2.24, 2.45) is 0 Å². The smallest absolute Gasteiger partial charge is 0.337 e. The summed E-state index contributed by atoms with van der Waals surface area (Å²) >= 11 is 0. The first-order chi connectivity index (χ1) is 20.5. The lowest BCUT2D eigenvalue weighted by molar-refractivity contribution is -0.0392. The van der Waals surface area contributed by atoms with Crippen LogP contribution in [0.25, 0.3) is 33.4 Å². The van der Waals surface area contributed by atoms with E-state index < -0.39 is 30.1 Å². The molecule has 0 spiro atoms. The summed E-state index contributed by atoms with van der Waals surface area (Å²) in [4.78, 5) is 16.5. The van der Waals surface area contributed by atoms with Crippen molar-refractivity contribution in [1.29, 1.82) is 0 Å². The van der Waals surface area contributed by atoms with Gasteiger partial charge in [-0.2, -0.15) is 0 Å². The number of carbonyl (C=O) groups is 1. The second-order valence-electron chi connectivity index (χ2n) is 10.9. The van der Waals surface area contributed by atoms with Crippen LogP contribution in [-0.2, 0) is 18.9 Å². The number of hydrogen-bond donors (Lipinski definition) is 1. The van der Waals surface area contributed by atoms with E-state index in [0.717, 1.165) is 30.4 Å². The molecule has 0 amide bonds. The predicted molar refractivity (Wildman–Crippen MR) is 151 cm³/mol. The van der Waals surface area contributed by atoms with Gasteiger partial charge in [0.25, 0.3) is 0 Å². The normalized spacial score (nSPS) is 25.5. The molecule has 3 aliphatic rings. The second kappa shape index (κ2) is 11.1. The van der Waals surface area contributed by atoms with Crippen molar-refractivity contribution in [3.8, 4) is 28.3 Å². The van der Waals surface area contributed by atoms with Gasteiger partial charge in [0.05, 0.1) is 36.9 Å². The number of rotatable bonds is 6. The molecule has 3 saturated heterocycles. The Morgan fingerprint density at radius 1 is 0.952 bits per heavy atom. The van der Waals surface area contributed by atoms with Crippen LogP contribution < -0.4 is 4.74 Å². The maximum atomic E-state index is 15.7. The third kappa shape index (κ3) is 4.84. The highest BCUT2D eigenvalue weighted by molar-refractivity contribution is 5.90. The number of carbonyl (C=O) groups excluding carboxylic acids is 1. The zero-order chi connectivity index (χ0) is 28.8. The quantitative estimate of drug-likeness (QED) is 0.325. The fourth-order valence-electron chi connectivity index (χ4n) is 6.05. The molecule has 10 heteroatoms. The Kier molecular flexibility index (Phi) is 7.15. The number of nitrogens with zero attached hydrogens (tertiary/aromatic N) is 2. The van der Waals surface area contributed by atoms with Gasteiger partial charge >= 0.3 is 5.97 Å². The average molecular weight is 575 g/mol. The summed E-state index contributed by atoms with van der Waals surface area (Å²) in [6.07, 6.45) is 0.522. The summed E-state index contributed by atoms with van der Waals surface area (Å²) in [6.45, 7) is 1.10. The molecule has 5 atom stereocenters. The number of fused-ring (bicyclic) bond motifs is 2. The molecule has 3 aliphatic heterocycles. The van der Waals surface area contributed by atoms with Gasteiger partial charge in [0.15, 0.2) is 17.8 Å². The first-order valence-corrected chi connectivity index (χ1v) is 14.2. The lowest BCUT2D eigenvalue weighted by Crippen LogP contribution is -2.35. The van der Waals surface area contributed by atoms with Gasteiger partial charge in [-0.05, 0) is 42.5 Å². The van der Waals surface area contributed by atoms with Crippen molar-refractivity contribution in [2.75, 3.05) is 26.9 Å². The first-order valence-electron chi connectivity index (χ1n) is 14.2. The minimum absolute atomic E-state index is 0.206. The van der Waals surface area contributed by atoms with Crippen molar-refractivity contribution in [2.45, 2.75) is 49.9 Å². The van der Waals surface area contributed by atoms with Crippen LogP contribution in [0.1, 0.15) is 35.8 Å². The summed E-state index contributed by atoms with van der Waals surface area (Å²) in [6, 6.07) is 17.9. The minimum atomic E-state index is -0.680. The fraction of sp³-hybridized carbons (Fsp3) is 0.375. The van der Waals surface area contributed by atoms with Gasteiger partial charge in [0.2, 0.25) is 0 Å². The van der Waals surface area contributed by atoms with Crippen molar-refractivity contribution in [1.82, 2.24) is 9.55 Å². The Morgan fingerprint density at radius 2 is 1.67 bits per heavy atom. The molecule has 2 aromatic heterocycles. The van der Waals surface area contributed by atoms with Crippen molar-refractivity contribution in [3.05, 3.63) is 72.0 Å². The molecule has 0 saturated carbocycles. The Hall–Kier alpha value is -3.83. The number of esters is 1. The van der Waals surface area contributed by atoms with Crippen LogP contribution in [0.3, 0.4) is 0 Å². The Labute approximate surface area is 241 Å². The van der Waals surface area contributed by atoms with Crippen LogP contribution >= 0.6 is 0 Å². The van der Waals surface area contributed by atoms with Crippen LogP contribution in [0.4, 0.5) is 4.39 Å². The van der Waals surface area contributed by atoms with Crippen LogP contribution in [0.5, 0.6) is 5.88 Å². The molecular weight excluding hydrogens is 543 g/mol. The molecule has 218 valence electrons. The van der Waals surface area contributed by atoms with Crippen LogP contribution in [-0.4, -0.2) is 72.0 Å². The van der Waals surface area contributed by atoms with Crippen molar-refractivity contribution < 1.29 is 38.0 Å². The molecule has 1 N–H and O–H groups in total. The SMILES string of the molecule is COC(=O)c1ccc(-c2ccc(-c3nc4cc(O[C@@H]5CO[C@H]6[C@@H]5OC[C@H]6O)n(C5CCCCO5)c4cc3F)cc2)cc1. The van der Waals surface area contributed by atoms with E-state index in [1.54, 1.807) is 12.1 Å². The first kappa shape index (κ1) is 27.0. The molecule has 0 bridgehead atoms. The summed E-state index contributed by atoms with van der Waals surface area (Å²) in [7, 11) is 1.35. The van der Waals surface area contributed by atoms with E-state index in [1.807, 2.05) is 47.0 Å². The van der Waals surface area contributed by atoms with Gasteiger partial charge in [-0.15, -0.1) is 0 Å². The molecule has 4 aromatic rings. The molecule has 3 fully saturated rings. The molecule has 2 aromatic carbocycles.